The number of hydrogen-bond acceptors (Lipinski definition) is 1. The Kier molecular flexibility index (Phi) is 4.62. The van der Waals surface area contributed by atoms with Crippen LogP contribution in [0.25, 0.3) is 21.8 Å². The van der Waals surface area contributed by atoms with E-state index in [1.165, 1.54) is 61.0 Å². The van der Waals surface area contributed by atoms with Crippen molar-refractivity contribution >= 4 is 21.8 Å². The molecular formula is C28H28N2O. The lowest BCUT2D eigenvalue weighted by molar-refractivity contribution is 0.409. The van der Waals surface area contributed by atoms with E-state index in [4.69, 9.17) is 4.74 Å². The van der Waals surface area contributed by atoms with Crippen LogP contribution in [0.3, 0.4) is 0 Å². The zero-order valence-corrected chi connectivity index (χ0v) is 18.8. The van der Waals surface area contributed by atoms with E-state index in [0.29, 0.717) is 0 Å². The Hall–Kier alpha value is -3.46. The molecule has 5 rings (SSSR count). The minimum atomic E-state index is 0.0674. The van der Waals surface area contributed by atoms with Gasteiger partial charge in [0.25, 0.3) is 0 Å². The molecule has 0 amide bonds. The number of methoxy groups -OCH3 is 1. The zero-order chi connectivity index (χ0) is 21.7. The van der Waals surface area contributed by atoms with Crippen molar-refractivity contribution in [1.29, 1.82) is 0 Å². The summed E-state index contributed by atoms with van der Waals surface area (Å²) >= 11 is 0. The van der Waals surface area contributed by atoms with Gasteiger partial charge in [0.1, 0.15) is 5.75 Å². The van der Waals surface area contributed by atoms with Gasteiger partial charge in [0.15, 0.2) is 0 Å². The predicted molar refractivity (Wildman–Crippen MR) is 129 cm³/mol. The molecule has 2 N–H and O–H groups in total. The number of ether oxygens (including phenoxy) is 1. The lowest BCUT2D eigenvalue weighted by atomic mass is 9.84. The molecule has 2 heterocycles. The van der Waals surface area contributed by atoms with Crippen LogP contribution in [-0.2, 0) is 0 Å². The number of fused-ring (bicyclic) bond motifs is 2. The van der Waals surface area contributed by atoms with Crippen molar-refractivity contribution in [3.8, 4) is 5.75 Å². The quantitative estimate of drug-likeness (QED) is 0.307. The van der Waals surface area contributed by atoms with Crippen LogP contribution >= 0.6 is 0 Å². The van der Waals surface area contributed by atoms with Gasteiger partial charge in [0, 0.05) is 44.7 Å². The maximum Gasteiger partial charge on any atom is 0.123 e. The van der Waals surface area contributed by atoms with E-state index in [-0.39, 0.29) is 5.92 Å². The lowest BCUT2D eigenvalue weighted by Crippen LogP contribution is -2.05. The molecule has 3 aromatic carbocycles. The molecule has 0 aliphatic heterocycles. The van der Waals surface area contributed by atoms with E-state index < -0.39 is 0 Å². The molecule has 3 heteroatoms. The number of H-pyrrole nitrogens is 2. The zero-order valence-electron chi connectivity index (χ0n) is 18.8. The van der Waals surface area contributed by atoms with Gasteiger partial charge in [-0.3, -0.25) is 0 Å². The van der Waals surface area contributed by atoms with Crippen LogP contribution in [0.1, 0.15) is 45.1 Å². The summed E-state index contributed by atoms with van der Waals surface area (Å²) < 4.78 is 5.78. The van der Waals surface area contributed by atoms with E-state index in [1.807, 2.05) is 12.1 Å². The third kappa shape index (κ3) is 3.12. The number of aromatic nitrogens is 2. The van der Waals surface area contributed by atoms with Crippen LogP contribution < -0.4 is 4.74 Å². The fourth-order valence-corrected chi connectivity index (χ4v) is 4.80. The highest BCUT2D eigenvalue weighted by molar-refractivity contribution is 5.87. The summed E-state index contributed by atoms with van der Waals surface area (Å²) in [4.78, 5) is 7.11. The molecule has 0 saturated heterocycles. The first-order chi connectivity index (χ1) is 15.0. The molecule has 0 unspecified atom stereocenters. The molecule has 2 aromatic heterocycles. The lowest BCUT2D eigenvalue weighted by Gasteiger charge is -2.21. The fraction of sp³-hybridized carbons (Fsp3) is 0.214. The molecule has 0 bridgehead atoms. The van der Waals surface area contributed by atoms with E-state index in [1.54, 1.807) is 7.11 Å². The average molecular weight is 409 g/mol. The van der Waals surface area contributed by atoms with Gasteiger partial charge in [-0.25, -0.2) is 0 Å². The van der Waals surface area contributed by atoms with Crippen molar-refractivity contribution in [2.45, 2.75) is 33.6 Å². The Morgan fingerprint density at radius 1 is 0.677 bits per heavy atom. The minimum absolute atomic E-state index is 0.0674. The highest BCUT2D eigenvalue weighted by Crippen LogP contribution is 2.39. The van der Waals surface area contributed by atoms with Crippen molar-refractivity contribution in [3.63, 3.8) is 0 Å². The predicted octanol–water partition coefficient (Wildman–Crippen LogP) is 7.07. The second-order valence-electron chi connectivity index (χ2n) is 8.54. The normalized spacial score (nSPS) is 11.7. The van der Waals surface area contributed by atoms with Crippen LogP contribution in [-0.4, -0.2) is 17.1 Å². The Morgan fingerprint density at radius 3 is 1.71 bits per heavy atom. The van der Waals surface area contributed by atoms with E-state index >= 15 is 0 Å². The summed E-state index contributed by atoms with van der Waals surface area (Å²) in [6, 6.07) is 21.9. The molecule has 0 atom stereocenters. The van der Waals surface area contributed by atoms with Crippen LogP contribution in [0, 0.1) is 27.7 Å². The van der Waals surface area contributed by atoms with Crippen molar-refractivity contribution in [3.05, 3.63) is 99.9 Å². The van der Waals surface area contributed by atoms with Crippen LogP contribution in [0.5, 0.6) is 5.75 Å². The third-order valence-corrected chi connectivity index (χ3v) is 6.78. The molecule has 0 radical (unpaired) electrons. The molecule has 31 heavy (non-hydrogen) atoms. The summed E-state index contributed by atoms with van der Waals surface area (Å²) in [6.07, 6.45) is 0. The van der Waals surface area contributed by atoms with Crippen molar-refractivity contribution in [2.24, 2.45) is 0 Å². The molecule has 3 nitrogen and oxygen atoms in total. The number of nitrogens with one attached hydrogen (secondary N) is 2. The SMILES string of the molecule is COc1ccccc1C(c1ccc2c(C)c(C)[nH]c2c1)c1ccc2c(C)c(C)[nH]c2c1. The first-order valence-corrected chi connectivity index (χ1v) is 10.8. The van der Waals surface area contributed by atoms with Gasteiger partial charge in [-0.15, -0.1) is 0 Å². The summed E-state index contributed by atoms with van der Waals surface area (Å²) in [5.74, 6) is 0.975. The smallest absolute Gasteiger partial charge is 0.123 e. The summed E-state index contributed by atoms with van der Waals surface area (Å²) in [5.41, 5.74) is 11.1. The van der Waals surface area contributed by atoms with Crippen molar-refractivity contribution in [1.82, 2.24) is 9.97 Å². The van der Waals surface area contributed by atoms with Crippen LogP contribution in [0.4, 0.5) is 0 Å². The maximum atomic E-state index is 5.78. The molecular weight excluding hydrogens is 380 g/mol. The number of benzene rings is 3. The third-order valence-electron chi connectivity index (χ3n) is 6.78. The molecule has 0 fully saturated rings. The average Bonchev–Trinajstić information content (AvgIpc) is 3.22. The van der Waals surface area contributed by atoms with E-state index in [0.717, 1.165) is 5.75 Å². The fourth-order valence-electron chi connectivity index (χ4n) is 4.80. The van der Waals surface area contributed by atoms with E-state index in [2.05, 4.69) is 86.2 Å². The number of para-hydroxylation sites is 1. The maximum absolute atomic E-state index is 5.78. The molecule has 0 aliphatic rings. The summed E-state index contributed by atoms with van der Waals surface area (Å²) in [7, 11) is 1.75. The van der Waals surface area contributed by atoms with E-state index in [9.17, 15) is 0 Å². The Labute approximate surface area is 183 Å². The van der Waals surface area contributed by atoms with Crippen LogP contribution in [0.15, 0.2) is 60.7 Å². The van der Waals surface area contributed by atoms with Gasteiger partial charge < -0.3 is 14.7 Å². The van der Waals surface area contributed by atoms with Gasteiger partial charge in [0.2, 0.25) is 0 Å². The largest absolute Gasteiger partial charge is 0.496 e. The summed E-state index contributed by atoms with van der Waals surface area (Å²) in [5, 5.41) is 2.57. The number of aryl methyl sites for hydroxylation is 4. The molecule has 0 saturated carbocycles. The second kappa shape index (κ2) is 7.35. The standard InChI is InChI=1S/C28H28N2O/c1-16-18(3)29-25-14-20(10-12-22(16)25)28(24-8-6-7-9-27(24)31-5)21-11-13-23-17(2)19(4)30-26(23)15-21/h6-15,28-30H,1-5H3. The first kappa shape index (κ1) is 19.5. The van der Waals surface area contributed by atoms with Gasteiger partial charge in [-0.2, -0.15) is 0 Å². The van der Waals surface area contributed by atoms with Gasteiger partial charge in [-0.1, -0.05) is 42.5 Å². The number of aromatic amines is 2. The van der Waals surface area contributed by atoms with Gasteiger partial charge >= 0.3 is 0 Å². The molecule has 5 aromatic rings. The second-order valence-corrected chi connectivity index (χ2v) is 8.54. The minimum Gasteiger partial charge on any atom is -0.496 e. The Morgan fingerprint density at radius 2 is 1.19 bits per heavy atom. The molecule has 0 spiro atoms. The topological polar surface area (TPSA) is 40.8 Å². The molecule has 156 valence electrons. The number of hydrogen-bond donors (Lipinski definition) is 2. The van der Waals surface area contributed by atoms with Gasteiger partial charge in [0.05, 0.1) is 7.11 Å². The van der Waals surface area contributed by atoms with Crippen molar-refractivity contribution < 1.29 is 4.74 Å². The first-order valence-electron chi connectivity index (χ1n) is 10.8. The number of rotatable bonds is 4. The van der Waals surface area contributed by atoms with Crippen molar-refractivity contribution in [2.75, 3.05) is 7.11 Å². The Balaban J connectivity index is 1.76. The van der Waals surface area contributed by atoms with Crippen LogP contribution in [0.2, 0.25) is 0 Å². The van der Waals surface area contributed by atoms with Gasteiger partial charge in [-0.05, 0) is 68.1 Å². The monoisotopic (exact) mass is 408 g/mol. The summed E-state index contributed by atoms with van der Waals surface area (Å²) in [6.45, 7) is 8.62. The highest BCUT2D eigenvalue weighted by Gasteiger charge is 2.22. The molecule has 0 aliphatic carbocycles. The Bertz CT molecular complexity index is 1330. The highest BCUT2D eigenvalue weighted by atomic mass is 16.5.